The monoisotopic (exact) mass is 350 g/mol. The van der Waals surface area contributed by atoms with Gasteiger partial charge in [-0.05, 0) is 29.8 Å². The Labute approximate surface area is 143 Å². The molecule has 7 heteroatoms. The van der Waals surface area contributed by atoms with Crippen LogP contribution in [-0.4, -0.2) is 31.9 Å². The Morgan fingerprint density at radius 1 is 1.00 bits per heavy atom. The van der Waals surface area contributed by atoms with E-state index >= 15 is 0 Å². The molecule has 2 rings (SSSR count). The number of Topliss-reactive ketones (excluding diaryl/α,β-unsaturated/α-hetero) is 1. The van der Waals surface area contributed by atoms with Gasteiger partial charge >= 0.3 is 11.9 Å². The molecule has 0 aliphatic rings. The van der Waals surface area contributed by atoms with Gasteiger partial charge in [0.25, 0.3) is 0 Å². The molecule has 0 saturated carbocycles. The minimum atomic E-state index is -1.46. The lowest BCUT2D eigenvalue weighted by Crippen LogP contribution is -2.36. The number of ketones is 1. The fourth-order valence-corrected chi connectivity index (χ4v) is 2.49. The first-order valence-corrected chi connectivity index (χ1v) is 7.36. The summed E-state index contributed by atoms with van der Waals surface area (Å²) in [7, 11) is 2.27. The summed E-state index contributed by atoms with van der Waals surface area (Å²) < 4.78 is 14.5. The van der Waals surface area contributed by atoms with Crippen molar-refractivity contribution in [2.45, 2.75) is 5.92 Å². The molecule has 0 aliphatic carbocycles. The number of furan rings is 1. The molecule has 0 bridgehead atoms. The second-order valence-corrected chi connectivity index (χ2v) is 5.33. The molecule has 1 heterocycles. The standard InChI is InChI=1S/C17H15ClO6/c1-22-16(20)14(17(21)23-2)13(10-5-7-11(18)8-6-10)15(19)12-4-3-9-24-12/h3-9,13-14H,1-2H3/t13-/m0/s1. The van der Waals surface area contributed by atoms with E-state index in [9.17, 15) is 14.4 Å². The van der Waals surface area contributed by atoms with Gasteiger partial charge in [-0.25, -0.2) is 0 Å². The quantitative estimate of drug-likeness (QED) is 0.452. The molecule has 0 N–H and O–H groups in total. The third-order valence-electron chi connectivity index (χ3n) is 3.52. The van der Waals surface area contributed by atoms with Crippen molar-refractivity contribution in [1.82, 2.24) is 0 Å². The number of esters is 2. The predicted octanol–water partition coefficient (Wildman–Crippen LogP) is 2.86. The van der Waals surface area contributed by atoms with Crippen molar-refractivity contribution in [3.05, 3.63) is 59.0 Å². The molecule has 0 fully saturated rings. The molecular formula is C17H15ClO6. The summed E-state index contributed by atoms with van der Waals surface area (Å²) in [5.74, 6) is -4.88. The lowest BCUT2D eigenvalue weighted by Gasteiger charge is -2.22. The van der Waals surface area contributed by atoms with Crippen LogP contribution in [0.2, 0.25) is 5.02 Å². The van der Waals surface area contributed by atoms with E-state index in [1.807, 2.05) is 0 Å². The van der Waals surface area contributed by atoms with Crippen LogP contribution < -0.4 is 0 Å². The van der Waals surface area contributed by atoms with Crippen LogP contribution in [0.25, 0.3) is 0 Å². The van der Waals surface area contributed by atoms with E-state index in [0.717, 1.165) is 14.2 Å². The van der Waals surface area contributed by atoms with Crippen LogP contribution in [-0.2, 0) is 19.1 Å². The van der Waals surface area contributed by atoms with Gasteiger partial charge in [0.15, 0.2) is 11.7 Å². The van der Waals surface area contributed by atoms with Crippen LogP contribution in [0.3, 0.4) is 0 Å². The maximum absolute atomic E-state index is 12.8. The van der Waals surface area contributed by atoms with Crippen molar-refractivity contribution >= 4 is 29.3 Å². The highest BCUT2D eigenvalue weighted by molar-refractivity contribution is 6.30. The van der Waals surface area contributed by atoms with E-state index in [1.165, 1.54) is 18.4 Å². The number of halogens is 1. The zero-order valence-electron chi connectivity index (χ0n) is 13.0. The van der Waals surface area contributed by atoms with E-state index in [-0.39, 0.29) is 5.76 Å². The topological polar surface area (TPSA) is 82.8 Å². The minimum absolute atomic E-state index is 0.0211. The number of carbonyl (C=O) groups excluding carboxylic acids is 3. The fourth-order valence-electron chi connectivity index (χ4n) is 2.36. The van der Waals surface area contributed by atoms with E-state index in [4.69, 9.17) is 16.0 Å². The second kappa shape index (κ2) is 7.79. The number of methoxy groups -OCH3 is 2. The highest BCUT2D eigenvalue weighted by Gasteiger charge is 2.43. The Balaban J connectivity index is 2.55. The highest BCUT2D eigenvalue weighted by atomic mass is 35.5. The first-order valence-electron chi connectivity index (χ1n) is 6.98. The molecule has 6 nitrogen and oxygen atoms in total. The first-order chi connectivity index (χ1) is 11.5. The Kier molecular flexibility index (Phi) is 5.76. The van der Waals surface area contributed by atoms with Crippen LogP contribution in [0.4, 0.5) is 0 Å². The maximum Gasteiger partial charge on any atom is 0.321 e. The smallest absolute Gasteiger partial charge is 0.321 e. The number of benzene rings is 1. The summed E-state index contributed by atoms with van der Waals surface area (Å²) in [5, 5.41) is 0.454. The van der Waals surface area contributed by atoms with Crippen molar-refractivity contribution in [3.63, 3.8) is 0 Å². The van der Waals surface area contributed by atoms with Gasteiger partial charge in [-0.2, -0.15) is 0 Å². The lowest BCUT2D eigenvalue weighted by molar-refractivity contribution is -0.159. The molecular weight excluding hydrogens is 336 g/mol. The molecule has 0 spiro atoms. The summed E-state index contributed by atoms with van der Waals surface area (Å²) in [6, 6.07) is 9.24. The Bertz CT molecular complexity index is 704. The summed E-state index contributed by atoms with van der Waals surface area (Å²) in [6.45, 7) is 0. The summed E-state index contributed by atoms with van der Waals surface area (Å²) in [5.41, 5.74) is 0.418. The molecule has 1 atom stereocenters. The molecule has 1 aromatic carbocycles. The van der Waals surface area contributed by atoms with E-state index in [1.54, 1.807) is 24.3 Å². The normalized spacial score (nSPS) is 11.8. The van der Waals surface area contributed by atoms with Crippen LogP contribution in [0.15, 0.2) is 47.1 Å². The average Bonchev–Trinajstić information content (AvgIpc) is 3.13. The third kappa shape index (κ3) is 3.65. The summed E-state index contributed by atoms with van der Waals surface area (Å²) in [4.78, 5) is 37.1. The molecule has 0 unspecified atom stereocenters. The number of carbonyl (C=O) groups is 3. The lowest BCUT2D eigenvalue weighted by atomic mass is 9.82. The van der Waals surface area contributed by atoms with Crippen LogP contribution in [0.1, 0.15) is 22.0 Å². The van der Waals surface area contributed by atoms with Gasteiger partial charge in [0.1, 0.15) is 0 Å². The van der Waals surface area contributed by atoms with Gasteiger partial charge in [-0.3, -0.25) is 14.4 Å². The molecule has 0 radical (unpaired) electrons. The van der Waals surface area contributed by atoms with Crippen molar-refractivity contribution in [1.29, 1.82) is 0 Å². The van der Waals surface area contributed by atoms with Gasteiger partial charge in [-0.15, -0.1) is 0 Å². The number of ether oxygens (including phenoxy) is 2. The zero-order chi connectivity index (χ0) is 17.7. The Morgan fingerprint density at radius 2 is 1.58 bits per heavy atom. The van der Waals surface area contributed by atoms with Gasteiger partial charge < -0.3 is 13.9 Å². The van der Waals surface area contributed by atoms with Crippen LogP contribution >= 0.6 is 11.6 Å². The van der Waals surface area contributed by atoms with Gasteiger partial charge in [0.2, 0.25) is 5.78 Å². The van der Waals surface area contributed by atoms with Gasteiger partial charge in [0, 0.05) is 5.02 Å². The summed E-state index contributed by atoms with van der Waals surface area (Å²) >= 11 is 5.87. The van der Waals surface area contributed by atoms with Crippen molar-refractivity contribution in [2.24, 2.45) is 5.92 Å². The molecule has 126 valence electrons. The number of hydrogen-bond acceptors (Lipinski definition) is 6. The highest BCUT2D eigenvalue weighted by Crippen LogP contribution is 2.31. The Morgan fingerprint density at radius 3 is 2.04 bits per heavy atom. The molecule has 0 saturated heterocycles. The van der Waals surface area contributed by atoms with Crippen molar-refractivity contribution < 1.29 is 28.3 Å². The molecule has 0 aliphatic heterocycles. The van der Waals surface area contributed by atoms with E-state index < -0.39 is 29.6 Å². The summed E-state index contributed by atoms with van der Waals surface area (Å²) in [6.07, 6.45) is 1.33. The first kappa shape index (κ1) is 17.7. The molecule has 0 amide bonds. The Hall–Kier alpha value is -2.60. The van der Waals surface area contributed by atoms with Crippen molar-refractivity contribution in [2.75, 3.05) is 14.2 Å². The molecule has 1 aromatic heterocycles. The SMILES string of the molecule is COC(=O)C(C(=O)OC)[C@@H](C(=O)c1ccco1)c1ccc(Cl)cc1. The predicted molar refractivity (Wildman–Crippen MR) is 84.8 cm³/mol. The maximum atomic E-state index is 12.8. The van der Waals surface area contributed by atoms with Gasteiger partial charge in [0.05, 0.1) is 26.4 Å². The zero-order valence-corrected chi connectivity index (χ0v) is 13.8. The van der Waals surface area contributed by atoms with E-state index in [0.29, 0.717) is 10.6 Å². The largest absolute Gasteiger partial charge is 0.468 e. The van der Waals surface area contributed by atoms with E-state index in [2.05, 4.69) is 9.47 Å². The fraction of sp³-hybridized carbons (Fsp3) is 0.235. The number of hydrogen-bond donors (Lipinski definition) is 0. The third-order valence-corrected chi connectivity index (χ3v) is 3.77. The average molecular weight is 351 g/mol. The number of rotatable bonds is 6. The van der Waals surface area contributed by atoms with Crippen LogP contribution in [0.5, 0.6) is 0 Å². The molecule has 2 aromatic rings. The van der Waals surface area contributed by atoms with Crippen LogP contribution in [0, 0.1) is 5.92 Å². The molecule has 24 heavy (non-hydrogen) atoms. The van der Waals surface area contributed by atoms with Gasteiger partial charge in [-0.1, -0.05) is 23.7 Å². The second-order valence-electron chi connectivity index (χ2n) is 4.89. The van der Waals surface area contributed by atoms with Crippen molar-refractivity contribution in [3.8, 4) is 0 Å². The minimum Gasteiger partial charge on any atom is -0.468 e.